The van der Waals surface area contributed by atoms with Crippen molar-refractivity contribution in [2.45, 2.75) is 13.3 Å². The minimum atomic E-state index is 0.572. The maximum Gasteiger partial charge on any atom is 0.119 e. The number of oxime groups is 1. The van der Waals surface area contributed by atoms with Crippen molar-refractivity contribution in [3.05, 3.63) is 29.8 Å². The van der Waals surface area contributed by atoms with E-state index in [4.69, 9.17) is 14.7 Å². The van der Waals surface area contributed by atoms with E-state index in [-0.39, 0.29) is 0 Å². The molecule has 0 saturated carbocycles. The van der Waals surface area contributed by atoms with Crippen molar-refractivity contribution in [1.29, 1.82) is 0 Å². The fraction of sp³-hybridized carbons (Fsp3) is 0.417. The molecule has 0 heterocycles. The highest BCUT2D eigenvalue weighted by atomic mass is 16.5. The number of hydrogen-bond donors (Lipinski definition) is 1. The predicted molar refractivity (Wildman–Crippen MR) is 62.4 cm³/mol. The average molecular weight is 223 g/mol. The molecule has 1 aromatic rings. The zero-order valence-corrected chi connectivity index (χ0v) is 9.64. The van der Waals surface area contributed by atoms with Crippen LogP contribution >= 0.6 is 0 Å². The molecule has 0 bridgehead atoms. The molecule has 0 fully saturated rings. The minimum absolute atomic E-state index is 0.572. The van der Waals surface area contributed by atoms with E-state index in [1.54, 1.807) is 14.0 Å². The summed E-state index contributed by atoms with van der Waals surface area (Å²) in [5.74, 6) is 0.775. The Morgan fingerprint density at radius 2 is 2.19 bits per heavy atom. The molecule has 0 amide bonds. The standard InChI is InChI=1S/C12H17NO3/c1-10(13-14)11-5-3-6-12(9-11)16-8-4-7-15-2/h3,5-6,9,14H,4,7-8H2,1-2H3/b13-10+. The van der Waals surface area contributed by atoms with Gasteiger partial charge in [0.25, 0.3) is 0 Å². The largest absolute Gasteiger partial charge is 0.493 e. The highest BCUT2D eigenvalue weighted by Crippen LogP contribution is 2.14. The van der Waals surface area contributed by atoms with Crippen molar-refractivity contribution in [3.63, 3.8) is 0 Å². The van der Waals surface area contributed by atoms with Crippen LogP contribution in [-0.2, 0) is 4.74 Å². The molecule has 1 aromatic carbocycles. The number of nitrogens with zero attached hydrogens (tertiary/aromatic N) is 1. The normalized spacial score (nSPS) is 11.5. The summed E-state index contributed by atoms with van der Waals surface area (Å²) in [5.41, 5.74) is 1.43. The van der Waals surface area contributed by atoms with Crippen molar-refractivity contribution in [1.82, 2.24) is 0 Å². The smallest absolute Gasteiger partial charge is 0.119 e. The molecule has 16 heavy (non-hydrogen) atoms. The second kappa shape index (κ2) is 6.85. The maximum absolute atomic E-state index is 8.66. The van der Waals surface area contributed by atoms with Crippen molar-refractivity contribution >= 4 is 5.71 Å². The van der Waals surface area contributed by atoms with E-state index >= 15 is 0 Å². The molecule has 0 radical (unpaired) electrons. The fourth-order valence-electron chi connectivity index (χ4n) is 1.26. The quantitative estimate of drug-likeness (QED) is 0.348. The number of ether oxygens (including phenoxy) is 2. The molecule has 0 aromatic heterocycles. The summed E-state index contributed by atoms with van der Waals surface area (Å²) in [6, 6.07) is 7.47. The van der Waals surface area contributed by atoms with Gasteiger partial charge in [-0.25, -0.2) is 0 Å². The summed E-state index contributed by atoms with van der Waals surface area (Å²) in [7, 11) is 1.67. The van der Waals surface area contributed by atoms with Crippen molar-refractivity contribution in [2.24, 2.45) is 5.16 Å². The van der Waals surface area contributed by atoms with Crippen LogP contribution in [0.15, 0.2) is 29.4 Å². The summed E-state index contributed by atoms with van der Waals surface area (Å²) in [6.45, 7) is 3.05. The Bertz CT molecular complexity index is 350. The molecular formula is C12H17NO3. The Labute approximate surface area is 95.5 Å². The van der Waals surface area contributed by atoms with Crippen LogP contribution in [0.3, 0.4) is 0 Å². The number of benzene rings is 1. The van der Waals surface area contributed by atoms with E-state index in [1.165, 1.54) is 0 Å². The number of hydrogen-bond acceptors (Lipinski definition) is 4. The van der Waals surface area contributed by atoms with Crippen LogP contribution in [0.2, 0.25) is 0 Å². The molecule has 0 unspecified atom stereocenters. The van der Waals surface area contributed by atoms with Gasteiger partial charge < -0.3 is 14.7 Å². The zero-order valence-electron chi connectivity index (χ0n) is 9.64. The molecule has 0 aliphatic heterocycles. The lowest BCUT2D eigenvalue weighted by atomic mass is 10.1. The molecule has 0 aliphatic carbocycles. The first-order chi connectivity index (χ1) is 7.77. The lowest BCUT2D eigenvalue weighted by Gasteiger charge is -2.07. The molecule has 0 spiro atoms. The van der Waals surface area contributed by atoms with Gasteiger partial charge in [-0.2, -0.15) is 0 Å². The van der Waals surface area contributed by atoms with Gasteiger partial charge in [-0.05, 0) is 19.1 Å². The predicted octanol–water partition coefficient (Wildman–Crippen LogP) is 2.30. The Hall–Kier alpha value is -1.55. The first-order valence-corrected chi connectivity index (χ1v) is 5.18. The SMILES string of the molecule is COCCCOc1cccc(/C(C)=N/O)c1. The van der Waals surface area contributed by atoms with Gasteiger partial charge in [-0.3, -0.25) is 0 Å². The lowest BCUT2D eigenvalue weighted by molar-refractivity contribution is 0.172. The minimum Gasteiger partial charge on any atom is -0.493 e. The van der Waals surface area contributed by atoms with Gasteiger partial charge in [0, 0.05) is 25.7 Å². The second-order valence-electron chi connectivity index (χ2n) is 3.41. The Balaban J connectivity index is 2.54. The summed E-state index contributed by atoms with van der Waals surface area (Å²) in [5, 5.41) is 11.8. The summed E-state index contributed by atoms with van der Waals surface area (Å²) >= 11 is 0. The third-order valence-electron chi connectivity index (χ3n) is 2.16. The third-order valence-corrected chi connectivity index (χ3v) is 2.16. The molecule has 4 nitrogen and oxygen atoms in total. The van der Waals surface area contributed by atoms with E-state index < -0.39 is 0 Å². The average Bonchev–Trinajstić information content (AvgIpc) is 2.34. The number of methoxy groups -OCH3 is 1. The van der Waals surface area contributed by atoms with Crippen LogP contribution in [0, 0.1) is 0 Å². The Morgan fingerprint density at radius 1 is 1.38 bits per heavy atom. The van der Waals surface area contributed by atoms with Crippen LogP contribution < -0.4 is 4.74 Å². The topological polar surface area (TPSA) is 51.0 Å². The van der Waals surface area contributed by atoms with Gasteiger partial charge in [-0.1, -0.05) is 17.3 Å². The molecule has 1 N–H and O–H groups in total. The van der Waals surface area contributed by atoms with E-state index in [0.29, 0.717) is 18.9 Å². The van der Waals surface area contributed by atoms with Gasteiger partial charge >= 0.3 is 0 Å². The van der Waals surface area contributed by atoms with E-state index in [2.05, 4.69) is 5.16 Å². The van der Waals surface area contributed by atoms with Gasteiger partial charge in [0.05, 0.1) is 12.3 Å². The van der Waals surface area contributed by atoms with E-state index in [1.807, 2.05) is 24.3 Å². The maximum atomic E-state index is 8.66. The molecule has 0 aliphatic rings. The first-order valence-electron chi connectivity index (χ1n) is 5.18. The Morgan fingerprint density at radius 3 is 2.88 bits per heavy atom. The van der Waals surface area contributed by atoms with E-state index in [0.717, 1.165) is 17.7 Å². The highest BCUT2D eigenvalue weighted by Gasteiger charge is 2.00. The number of rotatable bonds is 6. The first kappa shape index (κ1) is 12.5. The van der Waals surface area contributed by atoms with Crippen molar-refractivity contribution < 1.29 is 14.7 Å². The molecule has 4 heteroatoms. The van der Waals surface area contributed by atoms with Crippen LogP contribution in [0.25, 0.3) is 0 Å². The monoisotopic (exact) mass is 223 g/mol. The van der Waals surface area contributed by atoms with Crippen molar-refractivity contribution in [2.75, 3.05) is 20.3 Å². The zero-order chi connectivity index (χ0) is 11.8. The molecule has 1 rings (SSSR count). The third kappa shape index (κ3) is 3.90. The van der Waals surface area contributed by atoms with Gasteiger partial charge in [0.15, 0.2) is 0 Å². The summed E-state index contributed by atoms with van der Waals surface area (Å²) in [6.07, 6.45) is 0.855. The van der Waals surface area contributed by atoms with Crippen molar-refractivity contribution in [3.8, 4) is 5.75 Å². The van der Waals surface area contributed by atoms with Crippen LogP contribution in [0.5, 0.6) is 5.75 Å². The van der Waals surface area contributed by atoms with Gasteiger partial charge in [0.2, 0.25) is 0 Å². The molecular weight excluding hydrogens is 206 g/mol. The lowest BCUT2D eigenvalue weighted by Crippen LogP contribution is -2.02. The summed E-state index contributed by atoms with van der Waals surface area (Å²) in [4.78, 5) is 0. The molecule has 0 atom stereocenters. The molecule has 88 valence electrons. The van der Waals surface area contributed by atoms with E-state index in [9.17, 15) is 0 Å². The van der Waals surface area contributed by atoms with Gasteiger partial charge in [0.1, 0.15) is 5.75 Å². The highest BCUT2D eigenvalue weighted by molar-refractivity contribution is 5.98. The van der Waals surface area contributed by atoms with Crippen LogP contribution in [0.4, 0.5) is 0 Å². The Kier molecular flexibility index (Phi) is 5.36. The fourth-order valence-corrected chi connectivity index (χ4v) is 1.26. The van der Waals surface area contributed by atoms with Crippen LogP contribution in [-0.4, -0.2) is 31.2 Å². The molecule has 0 saturated heterocycles. The van der Waals surface area contributed by atoms with Crippen LogP contribution in [0.1, 0.15) is 18.9 Å². The van der Waals surface area contributed by atoms with Gasteiger partial charge in [-0.15, -0.1) is 0 Å². The summed E-state index contributed by atoms with van der Waals surface area (Å²) < 4.78 is 10.5. The second-order valence-corrected chi connectivity index (χ2v) is 3.41.